The largest absolute Gasteiger partial charge is 0.486 e. The maximum absolute atomic E-state index is 12.1. The number of esters is 1. The summed E-state index contributed by atoms with van der Waals surface area (Å²) >= 11 is 0. The molecule has 150 valence electrons. The Balaban J connectivity index is 1.37. The summed E-state index contributed by atoms with van der Waals surface area (Å²) in [7, 11) is 0. The first-order valence-corrected chi connectivity index (χ1v) is 9.44. The van der Waals surface area contributed by atoms with Crippen LogP contribution in [0.25, 0.3) is 0 Å². The number of benzene rings is 1. The molecule has 0 saturated carbocycles. The van der Waals surface area contributed by atoms with Crippen molar-refractivity contribution in [3.8, 4) is 11.5 Å². The Morgan fingerprint density at radius 1 is 1.07 bits per heavy atom. The topological polar surface area (TPSA) is 103 Å². The predicted molar refractivity (Wildman–Crippen MR) is 100 cm³/mol. The molecular weight excluding hydrogens is 364 g/mol. The number of rotatable bonds is 6. The molecule has 3 rings (SSSR count). The Kier molecular flexibility index (Phi) is 6.89. The van der Waals surface area contributed by atoms with Gasteiger partial charge >= 0.3 is 12.0 Å². The minimum atomic E-state index is -0.694. The number of fused-ring (bicyclic) bond motifs is 1. The SMILES string of the molecule is O=C(COC(=O)c1ccc2c(c1)OCCO2)NC(=O)NCCC1=CCCCC1. The molecule has 0 aromatic heterocycles. The maximum atomic E-state index is 12.1. The Labute approximate surface area is 163 Å². The molecular formula is C20H24N2O6. The lowest BCUT2D eigenvalue weighted by Gasteiger charge is -2.18. The summed E-state index contributed by atoms with van der Waals surface area (Å²) in [5.41, 5.74) is 1.58. The molecule has 1 aliphatic carbocycles. The van der Waals surface area contributed by atoms with Gasteiger partial charge in [-0.25, -0.2) is 9.59 Å². The number of hydrogen-bond donors (Lipinski definition) is 2. The lowest BCUT2D eigenvalue weighted by Crippen LogP contribution is -2.41. The molecule has 0 saturated heterocycles. The molecule has 0 bridgehead atoms. The van der Waals surface area contributed by atoms with Gasteiger partial charge in [0.1, 0.15) is 13.2 Å². The molecule has 0 spiro atoms. The van der Waals surface area contributed by atoms with Gasteiger partial charge in [-0.2, -0.15) is 0 Å². The first-order chi connectivity index (χ1) is 13.6. The molecule has 0 unspecified atom stereocenters. The molecule has 3 amide bonds. The van der Waals surface area contributed by atoms with Crippen molar-refractivity contribution in [2.45, 2.75) is 32.1 Å². The number of allylic oxidation sites excluding steroid dienone is 1. The fourth-order valence-corrected chi connectivity index (χ4v) is 3.06. The normalized spacial score (nSPS) is 15.2. The van der Waals surface area contributed by atoms with Gasteiger partial charge < -0.3 is 19.5 Å². The Morgan fingerprint density at radius 2 is 1.89 bits per heavy atom. The van der Waals surface area contributed by atoms with Crippen LogP contribution < -0.4 is 20.1 Å². The highest BCUT2D eigenvalue weighted by Gasteiger charge is 2.17. The van der Waals surface area contributed by atoms with Gasteiger partial charge in [-0.15, -0.1) is 0 Å². The number of imide groups is 1. The Hall–Kier alpha value is -3.03. The summed E-state index contributed by atoms with van der Waals surface area (Å²) in [4.78, 5) is 35.6. The van der Waals surface area contributed by atoms with Gasteiger partial charge in [0.15, 0.2) is 18.1 Å². The zero-order chi connectivity index (χ0) is 19.8. The third-order valence-corrected chi connectivity index (χ3v) is 4.48. The van der Waals surface area contributed by atoms with Crippen LogP contribution in [0.5, 0.6) is 11.5 Å². The summed E-state index contributed by atoms with van der Waals surface area (Å²) < 4.78 is 15.7. The molecule has 8 nitrogen and oxygen atoms in total. The second-order valence-corrected chi connectivity index (χ2v) is 6.60. The molecule has 1 aliphatic heterocycles. The van der Waals surface area contributed by atoms with Crippen molar-refractivity contribution >= 4 is 17.9 Å². The van der Waals surface area contributed by atoms with Crippen molar-refractivity contribution in [3.05, 3.63) is 35.4 Å². The van der Waals surface area contributed by atoms with Gasteiger partial charge in [0.2, 0.25) is 0 Å². The van der Waals surface area contributed by atoms with Crippen LogP contribution in [0.1, 0.15) is 42.5 Å². The van der Waals surface area contributed by atoms with Crippen molar-refractivity contribution in [1.29, 1.82) is 0 Å². The molecule has 1 aromatic rings. The number of hydrogen-bond acceptors (Lipinski definition) is 6. The number of nitrogens with one attached hydrogen (secondary N) is 2. The molecule has 2 N–H and O–H groups in total. The van der Waals surface area contributed by atoms with Gasteiger partial charge in [0.25, 0.3) is 5.91 Å². The van der Waals surface area contributed by atoms with Crippen LogP contribution in [0.3, 0.4) is 0 Å². The average molecular weight is 388 g/mol. The standard InChI is InChI=1S/C20H24N2O6/c23-18(22-20(25)21-9-8-14-4-2-1-3-5-14)13-28-19(24)15-6-7-16-17(12-15)27-11-10-26-16/h4,6-7,12H,1-3,5,8-11,13H2,(H2,21,22,23,25). The van der Waals surface area contributed by atoms with Crippen LogP contribution in [-0.2, 0) is 9.53 Å². The first kappa shape index (κ1) is 19.7. The maximum Gasteiger partial charge on any atom is 0.338 e. The molecule has 0 radical (unpaired) electrons. The monoisotopic (exact) mass is 388 g/mol. The third-order valence-electron chi connectivity index (χ3n) is 4.48. The zero-order valence-corrected chi connectivity index (χ0v) is 15.6. The molecule has 8 heteroatoms. The second-order valence-electron chi connectivity index (χ2n) is 6.60. The van der Waals surface area contributed by atoms with E-state index in [1.165, 1.54) is 30.5 Å². The van der Waals surface area contributed by atoms with E-state index in [0.717, 1.165) is 19.3 Å². The summed E-state index contributed by atoms with van der Waals surface area (Å²) in [5, 5.41) is 4.78. The van der Waals surface area contributed by atoms with Gasteiger partial charge in [-0.1, -0.05) is 11.6 Å². The van der Waals surface area contributed by atoms with Gasteiger partial charge in [-0.05, 0) is 50.3 Å². The summed E-state index contributed by atoms with van der Waals surface area (Å²) in [6.45, 7) is 0.769. The van der Waals surface area contributed by atoms with Crippen LogP contribution in [-0.4, -0.2) is 44.3 Å². The van der Waals surface area contributed by atoms with Crippen molar-refractivity contribution in [3.63, 3.8) is 0 Å². The van der Waals surface area contributed by atoms with Crippen LogP contribution in [0.2, 0.25) is 0 Å². The van der Waals surface area contributed by atoms with E-state index in [4.69, 9.17) is 14.2 Å². The van der Waals surface area contributed by atoms with Crippen molar-refractivity contribution in [2.24, 2.45) is 0 Å². The number of carbonyl (C=O) groups is 3. The fraction of sp³-hybridized carbons (Fsp3) is 0.450. The lowest BCUT2D eigenvalue weighted by atomic mass is 9.97. The molecule has 1 heterocycles. The van der Waals surface area contributed by atoms with E-state index in [9.17, 15) is 14.4 Å². The molecule has 2 aliphatic rings. The molecule has 0 atom stereocenters. The minimum Gasteiger partial charge on any atom is -0.486 e. The second kappa shape index (κ2) is 9.77. The van der Waals surface area contributed by atoms with E-state index in [0.29, 0.717) is 31.3 Å². The van der Waals surface area contributed by atoms with E-state index in [1.807, 2.05) is 0 Å². The number of urea groups is 1. The third kappa shape index (κ3) is 5.73. The van der Waals surface area contributed by atoms with Crippen LogP contribution in [0, 0.1) is 0 Å². The number of carbonyl (C=O) groups excluding carboxylic acids is 3. The van der Waals surface area contributed by atoms with Crippen LogP contribution in [0.15, 0.2) is 29.8 Å². The molecule has 1 aromatic carbocycles. The Bertz CT molecular complexity index is 774. The van der Waals surface area contributed by atoms with E-state index in [1.54, 1.807) is 6.07 Å². The summed E-state index contributed by atoms with van der Waals surface area (Å²) in [5.74, 6) is -0.365. The first-order valence-electron chi connectivity index (χ1n) is 9.44. The van der Waals surface area contributed by atoms with Crippen LogP contribution in [0.4, 0.5) is 4.79 Å². The quantitative estimate of drug-likeness (QED) is 0.573. The van der Waals surface area contributed by atoms with Crippen LogP contribution >= 0.6 is 0 Å². The average Bonchev–Trinajstić information content (AvgIpc) is 2.72. The fourth-order valence-electron chi connectivity index (χ4n) is 3.06. The number of amides is 3. The van der Waals surface area contributed by atoms with E-state index in [2.05, 4.69) is 16.7 Å². The minimum absolute atomic E-state index is 0.238. The van der Waals surface area contributed by atoms with E-state index >= 15 is 0 Å². The smallest absolute Gasteiger partial charge is 0.338 e. The van der Waals surface area contributed by atoms with E-state index in [-0.39, 0.29) is 5.56 Å². The van der Waals surface area contributed by atoms with Gasteiger partial charge in [-0.3, -0.25) is 10.1 Å². The highest BCUT2D eigenvalue weighted by molar-refractivity contribution is 5.97. The van der Waals surface area contributed by atoms with Gasteiger partial charge in [0.05, 0.1) is 5.56 Å². The highest BCUT2D eigenvalue weighted by Crippen LogP contribution is 2.30. The molecule has 0 fully saturated rings. The van der Waals surface area contributed by atoms with Crippen molar-refractivity contribution in [1.82, 2.24) is 10.6 Å². The summed E-state index contributed by atoms with van der Waals surface area (Å²) in [6, 6.07) is 4.04. The zero-order valence-electron chi connectivity index (χ0n) is 15.6. The molecule has 28 heavy (non-hydrogen) atoms. The van der Waals surface area contributed by atoms with E-state index < -0.39 is 24.5 Å². The Morgan fingerprint density at radius 3 is 2.68 bits per heavy atom. The number of ether oxygens (including phenoxy) is 3. The van der Waals surface area contributed by atoms with Crippen molar-refractivity contribution in [2.75, 3.05) is 26.4 Å². The van der Waals surface area contributed by atoms with Gasteiger partial charge in [0, 0.05) is 6.54 Å². The van der Waals surface area contributed by atoms with Crippen molar-refractivity contribution < 1.29 is 28.6 Å². The lowest BCUT2D eigenvalue weighted by molar-refractivity contribution is -0.123. The predicted octanol–water partition coefficient (Wildman–Crippen LogP) is 2.33. The summed E-state index contributed by atoms with van der Waals surface area (Å²) in [6.07, 6.45) is 7.56. The highest BCUT2D eigenvalue weighted by atomic mass is 16.6.